The van der Waals surface area contributed by atoms with Crippen LogP contribution in [-0.2, 0) is 31.9 Å². The molecular weight excluding hydrogens is 458 g/mol. The average molecular weight is 479 g/mol. The second-order valence-electron chi connectivity index (χ2n) is 8.67. The number of aromatic amines is 1. The third-order valence-corrected chi connectivity index (χ3v) is 6.84. The molecular formula is C25H21BF3N3OS. The number of halogens is 3. The summed E-state index contributed by atoms with van der Waals surface area (Å²) in [6.45, 7) is 0.655. The van der Waals surface area contributed by atoms with Crippen LogP contribution in [0.5, 0.6) is 0 Å². The van der Waals surface area contributed by atoms with E-state index < -0.39 is 11.7 Å². The van der Waals surface area contributed by atoms with Gasteiger partial charge in [-0.15, -0.1) is 0 Å². The largest absolute Gasteiger partial charge is 0.416 e. The zero-order chi connectivity index (χ0) is 23.9. The Hall–Kier alpha value is -3.20. The molecule has 172 valence electrons. The van der Waals surface area contributed by atoms with Crippen molar-refractivity contribution >= 4 is 24.5 Å². The minimum absolute atomic E-state index is 0.0788. The first kappa shape index (κ1) is 22.6. The molecule has 1 aromatic heterocycles. The van der Waals surface area contributed by atoms with Gasteiger partial charge < -0.3 is 4.57 Å². The summed E-state index contributed by atoms with van der Waals surface area (Å²) in [5.74, 6) is 2.06. The predicted molar refractivity (Wildman–Crippen MR) is 131 cm³/mol. The molecule has 0 unspecified atom stereocenters. The minimum atomic E-state index is -4.34. The van der Waals surface area contributed by atoms with Crippen LogP contribution >= 0.6 is 12.2 Å². The fraction of sp³-hybridized carbons (Fsp3) is 0.240. The molecule has 4 nitrogen and oxygen atoms in total. The van der Waals surface area contributed by atoms with Crippen LogP contribution < -0.4 is 5.56 Å². The van der Waals surface area contributed by atoms with Crippen molar-refractivity contribution in [2.24, 2.45) is 4.99 Å². The molecule has 1 aliphatic carbocycles. The number of fused-ring (bicyclic) bond motifs is 1. The van der Waals surface area contributed by atoms with E-state index in [2.05, 4.69) is 16.0 Å². The summed E-state index contributed by atoms with van der Waals surface area (Å²) in [5.41, 5.74) is 4.82. The molecule has 34 heavy (non-hydrogen) atoms. The Morgan fingerprint density at radius 3 is 2.38 bits per heavy atom. The monoisotopic (exact) mass is 479 g/mol. The number of nitrogens with one attached hydrogen (secondary N) is 1. The normalized spacial score (nSPS) is 15.0. The highest BCUT2D eigenvalue weighted by molar-refractivity contribution is 7.71. The Kier molecular flexibility index (Phi) is 5.89. The quantitative estimate of drug-likeness (QED) is 0.394. The number of rotatable bonds is 5. The zero-order valence-corrected chi connectivity index (χ0v) is 19.0. The number of aliphatic imine (C=N–C) groups is 1. The van der Waals surface area contributed by atoms with Crippen molar-refractivity contribution in [1.29, 1.82) is 0 Å². The van der Waals surface area contributed by atoms with Crippen molar-refractivity contribution in [2.75, 3.05) is 0 Å². The van der Waals surface area contributed by atoms with Crippen LogP contribution in [-0.4, -0.2) is 21.9 Å². The topological polar surface area (TPSA) is 50.1 Å². The Morgan fingerprint density at radius 2 is 1.71 bits per heavy atom. The first-order chi connectivity index (χ1) is 16.3. The molecule has 0 amide bonds. The van der Waals surface area contributed by atoms with Gasteiger partial charge in [0.1, 0.15) is 0 Å². The van der Waals surface area contributed by atoms with Gasteiger partial charge in [0.25, 0.3) is 5.56 Å². The van der Waals surface area contributed by atoms with E-state index in [4.69, 9.17) is 12.2 Å². The van der Waals surface area contributed by atoms with Gasteiger partial charge in [-0.3, -0.25) is 14.8 Å². The fourth-order valence-electron chi connectivity index (χ4n) is 4.69. The average Bonchev–Trinajstić information content (AvgIpc) is 3.47. The first-order valence-electron chi connectivity index (χ1n) is 11.1. The second kappa shape index (κ2) is 8.87. The number of aromatic nitrogens is 2. The summed E-state index contributed by atoms with van der Waals surface area (Å²) < 4.78 is 40.9. The van der Waals surface area contributed by atoms with E-state index in [-0.39, 0.29) is 12.3 Å². The van der Waals surface area contributed by atoms with E-state index in [1.807, 2.05) is 35.0 Å². The molecule has 2 aromatic carbocycles. The van der Waals surface area contributed by atoms with Gasteiger partial charge in [0.15, 0.2) is 4.77 Å². The summed E-state index contributed by atoms with van der Waals surface area (Å²) in [6, 6.07) is 13.1. The summed E-state index contributed by atoms with van der Waals surface area (Å²) in [5, 5.41) is 0. The van der Waals surface area contributed by atoms with E-state index in [0.29, 0.717) is 11.3 Å². The van der Waals surface area contributed by atoms with Crippen molar-refractivity contribution in [1.82, 2.24) is 9.55 Å². The number of benzene rings is 2. The molecule has 0 radical (unpaired) electrons. The predicted octanol–water partition coefficient (Wildman–Crippen LogP) is 5.40. The third kappa shape index (κ3) is 4.44. The Labute approximate surface area is 200 Å². The van der Waals surface area contributed by atoms with Crippen LogP contribution in [0.4, 0.5) is 13.2 Å². The van der Waals surface area contributed by atoms with Crippen LogP contribution in [0.1, 0.15) is 28.8 Å². The highest BCUT2D eigenvalue weighted by atomic mass is 32.1. The molecule has 0 atom stereocenters. The summed E-state index contributed by atoms with van der Waals surface area (Å²) in [6.07, 6.45) is 0.805. The third-order valence-electron chi connectivity index (χ3n) is 6.52. The number of H-pyrrole nitrogens is 1. The number of alkyl halides is 3. The summed E-state index contributed by atoms with van der Waals surface area (Å²) >= 11 is 5.44. The van der Waals surface area contributed by atoms with E-state index >= 15 is 0 Å². The van der Waals surface area contributed by atoms with E-state index in [1.54, 1.807) is 0 Å². The lowest BCUT2D eigenvalue weighted by Gasteiger charge is -2.16. The molecule has 5 rings (SSSR count). The smallest absolute Gasteiger partial charge is 0.317 e. The molecule has 1 aliphatic heterocycles. The fourth-order valence-corrected chi connectivity index (χ4v) is 4.96. The van der Waals surface area contributed by atoms with Gasteiger partial charge in [-0.1, -0.05) is 47.9 Å². The number of hydrogen-bond donors (Lipinski definition) is 1. The standard InChI is InChI=1S/C25H21BF3N3OS/c27-25(28,29)19-10-8-18(9-11-19)17-6-4-16(5-7-17)14-26-12-13-30-22(26)15-32-21-3-1-2-20(21)23(33)31-24(32)34/h4-13H,1-3,14-15H2,(H,31,33,34). The van der Waals surface area contributed by atoms with Gasteiger partial charge in [-0.2, -0.15) is 13.2 Å². The van der Waals surface area contributed by atoms with Crippen LogP contribution in [0.3, 0.4) is 0 Å². The zero-order valence-electron chi connectivity index (χ0n) is 18.2. The maximum Gasteiger partial charge on any atom is 0.416 e. The molecule has 0 spiro atoms. The van der Waals surface area contributed by atoms with Crippen molar-refractivity contribution in [3.63, 3.8) is 0 Å². The maximum absolute atomic E-state index is 12.8. The number of hydrogen-bond acceptors (Lipinski definition) is 3. The SMILES string of the molecule is O=c1[nH]c(=S)n(CC2=NC=CB2Cc2ccc(-c3ccc(C(F)(F)F)cc3)cc2)c2c1CCC2. The molecule has 0 saturated heterocycles. The molecule has 2 heterocycles. The van der Waals surface area contributed by atoms with Gasteiger partial charge >= 0.3 is 6.18 Å². The number of nitrogens with zero attached hydrogens (tertiary/aromatic N) is 2. The summed E-state index contributed by atoms with van der Waals surface area (Å²) in [4.78, 5) is 19.6. The molecule has 1 N–H and O–H groups in total. The second-order valence-corrected chi connectivity index (χ2v) is 9.06. The van der Waals surface area contributed by atoms with Gasteiger partial charge in [-0.25, -0.2) is 0 Å². The minimum Gasteiger partial charge on any atom is -0.317 e. The van der Waals surface area contributed by atoms with Crippen molar-refractivity contribution in [3.8, 4) is 11.1 Å². The lowest BCUT2D eigenvalue weighted by Crippen LogP contribution is -2.31. The van der Waals surface area contributed by atoms with E-state index in [1.165, 1.54) is 12.1 Å². The Bertz CT molecular complexity index is 1400. The van der Waals surface area contributed by atoms with Gasteiger partial charge in [0.2, 0.25) is 6.71 Å². The van der Waals surface area contributed by atoms with Gasteiger partial charge in [0.05, 0.1) is 12.1 Å². The Balaban J connectivity index is 1.30. The molecule has 0 bridgehead atoms. The van der Waals surface area contributed by atoms with Crippen LogP contribution in [0.15, 0.2) is 70.5 Å². The highest BCUT2D eigenvalue weighted by Gasteiger charge is 2.30. The molecule has 9 heteroatoms. The van der Waals surface area contributed by atoms with Gasteiger partial charge in [0, 0.05) is 23.1 Å². The van der Waals surface area contributed by atoms with Crippen molar-refractivity contribution in [3.05, 3.63) is 98.2 Å². The van der Waals surface area contributed by atoms with Crippen LogP contribution in [0, 0.1) is 4.77 Å². The highest BCUT2D eigenvalue weighted by Crippen LogP contribution is 2.31. The van der Waals surface area contributed by atoms with Gasteiger partial charge in [-0.05, 0) is 61.1 Å². The summed E-state index contributed by atoms with van der Waals surface area (Å²) in [7, 11) is 0. The maximum atomic E-state index is 12.8. The first-order valence-corrected chi connectivity index (χ1v) is 11.5. The Morgan fingerprint density at radius 1 is 1.03 bits per heavy atom. The van der Waals surface area contributed by atoms with E-state index in [0.717, 1.165) is 71.3 Å². The van der Waals surface area contributed by atoms with Crippen molar-refractivity contribution in [2.45, 2.75) is 38.3 Å². The molecule has 0 fully saturated rings. The molecule has 3 aromatic rings. The lowest BCUT2D eigenvalue weighted by atomic mass is 9.43. The van der Waals surface area contributed by atoms with Crippen LogP contribution in [0.2, 0.25) is 0 Å². The molecule has 2 aliphatic rings. The lowest BCUT2D eigenvalue weighted by molar-refractivity contribution is -0.137. The molecule has 0 saturated carbocycles. The van der Waals surface area contributed by atoms with Crippen LogP contribution in [0.25, 0.3) is 11.1 Å². The van der Waals surface area contributed by atoms with E-state index in [9.17, 15) is 18.0 Å². The van der Waals surface area contributed by atoms with Crippen molar-refractivity contribution < 1.29 is 13.2 Å².